The first-order chi connectivity index (χ1) is 12.5. The summed E-state index contributed by atoms with van der Waals surface area (Å²) in [6.45, 7) is 7.11. The van der Waals surface area contributed by atoms with Gasteiger partial charge in [0.25, 0.3) is 0 Å². The second-order valence-electron chi connectivity index (χ2n) is 8.35. The lowest BCUT2D eigenvalue weighted by atomic mass is 9.92. The van der Waals surface area contributed by atoms with Gasteiger partial charge in [-0.3, -0.25) is 14.3 Å². The normalized spacial score (nSPS) is 22.7. The van der Waals surface area contributed by atoms with Gasteiger partial charge < -0.3 is 9.80 Å². The molecule has 26 heavy (non-hydrogen) atoms. The smallest absolute Gasteiger partial charge is 0.225 e. The Morgan fingerprint density at radius 2 is 1.50 bits per heavy atom. The molecule has 1 saturated carbocycles. The number of piperidine rings is 1. The van der Waals surface area contributed by atoms with Crippen molar-refractivity contribution in [2.75, 3.05) is 26.2 Å². The predicted molar refractivity (Wildman–Crippen MR) is 98.6 cm³/mol. The lowest BCUT2D eigenvalue weighted by Crippen LogP contribution is -2.54. The molecule has 3 fully saturated rings. The van der Waals surface area contributed by atoms with Crippen LogP contribution < -0.4 is 0 Å². The van der Waals surface area contributed by atoms with Crippen LogP contribution in [-0.2, 0) is 9.59 Å². The molecule has 0 unspecified atom stereocenters. The Balaban J connectivity index is 1.25. The maximum absolute atomic E-state index is 12.8. The van der Waals surface area contributed by atoms with Crippen LogP contribution in [0.4, 0.5) is 0 Å². The molecule has 4 rings (SSSR count). The monoisotopic (exact) mass is 358 g/mol. The molecule has 2 saturated heterocycles. The number of hydrogen-bond acceptors (Lipinski definition) is 3. The topological polar surface area (TPSA) is 58.4 Å². The van der Waals surface area contributed by atoms with Gasteiger partial charge in [-0.25, -0.2) is 0 Å². The van der Waals surface area contributed by atoms with E-state index in [9.17, 15) is 9.59 Å². The molecule has 1 aromatic rings. The van der Waals surface area contributed by atoms with Gasteiger partial charge in [0.15, 0.2) is 0 Å². The highest BCUT2D eigenvalue weighted by atomic mass is 16.2. The molecule has 0 spiro atoms. The van der Waals surface area contributed by atoms with Crippen LogP contribution in [0.1, 0.15) is 56.0 Å². The van der Waals surface area contributed by atoms with Crippen molar-refractivity contribution in [2.24, 2.45) is 11.8 Å². The van der Waals surface area contributed by atoms with E-state index in [1.165, 1.54) is 18.5 Å². The molecule has 2 amide bonds. The van der Waals surface area contributed by atoms with Gasteiger partial charge >= 0.3 is 0 Å². The van der Waals surface area contributed by atoms with E-state index >= 15 is 0 Å². The molecule has 0 aromatic carbocycles. The lowest BCUT2D eigenvalue weighted by molar-refractivity contribution is -0.146. The molecule has 0 N–H and O–H groups in total. The van der Waals surface area contributed by atoms with Crippen molar-refractivity contribution in [3.05, 3.63) is 17.5 Å². The summed E-state index contributed by atoms with van der Waals surface area (Å²) in [5, 5.41) is 4.54. The lowest BCUT2D eigenvalue weighted by Gasteiger charge is -2.43. The fourth-order valence-corrected chi connectivity index (χ4v) is 4.84. The first-order valence-corrected chi connectivity index (χ1v) is 10.1. The van der Waals surface area contributed by atoms with E-state index in [1.54, 1.807) is 0 Å². The van der Waals surface area contributed by atoms with Crippen LogP contribution in [0.15, 0.2) is 6.07 Å². The minimum absolute atomic E-state index is 0.0871. The molecule has 1 aromatic heterocycles. The summed E-state index contributed by atoms with van der Waals surface area (Å²) >= 11 is 0. The third kappa shape index (κ3) is 3.26. The van der Waals surface area contributed by atoms with Gasteiger partial charge in [0.2, 0.25) is 11.8 Å². The molecule has 6 nitrogen and oxygen atoms in total. The highest BCUT2D eigenvalue weighted by Gasteiger charge is 2.38. The van der Waals surface area contributed by atoms with Gasteiger partial charge in [-0.2, -0.15) is 5.10 Å². The summed E-state index contributed by atoms with van der Waals surface area (Å²) in [7, 11) is 0. The number of aromatic nitrogens is 2. The Bertz CT molecular complexity index is 678. The Labute approximate surface area is 155 Å². The summed E-state index contributed by atoms with van der Waals surface area (Å²) in [6, 6.07) is 2.40. The molecular weight excluding hydrogens is 328 g/mol. The summed E-state index contributed by atoms with van der Waals surface area (Å²) in [5.41, 5.74) is 2.20. The van der Waals surface area contributed by atoms with E-state index in [2.05, 4.69) is 22.8 Å². The van der Waals surface area contributed by atoms with Crippen LogP contribution in [0.2, 0.25) is 0 Å². The summed E-state index contributed by atoms with van der Waals surface area (Å²) in [4.78, 5) is 29.3. The minimum Gasteiger partial charge on any atom is -0.342 e. The Kier molecular flexibility index (Phi) is 4.76. The van der Waals surface area contributed by atoms with E-state index in [4.69, 9.17) is 0 Å². The van der Waals surface area contributed by atoms with Crippen molar-refractivity contribution in [2.45, 2.75) is 58.4 Å². The Hall–Kier alpha value is -1.85. The van der Waals surface area contributed by atoms with Gasteiger partial charge in [-0.05, 0) is 45.6 Å². The van der Waals surface area contributed by atoms with Crippen LogP contribution in [0.25, 0.3) is 0 Å². The second kappa shape index (κ2) is 7.05. The van der Waals surface area contributed by atoms with Gasteiger partial charge in [0.1, 0.15) is 0 Å². The highest BCUT2D eigenvalue weighted by molar-refractivity contribution is 5.81. The first-order valence-electron chi connectivity index (χ1n) is 10.1. The molecule has 3 heterocycles. The fourth-order valence-electron chi connectivity index (χ4n) is 4.84. The standard InChI is InChI=1S/C20H30N4O2/c1-14-11-15(2)24(21-14)18-12-23(13-18)20(26)17-7-9-22(10-8-17)19(25)16-5-3-4-6-16/h11,16-18H,3-10,12-13H2,1-2H3. The minimum atomic E-state index is 0.0871. The summed E-state index contributed by atoms with van der Waals surface area (Å²) < 4.78 is 2.06. The zero-order chi connectivity index (χ0) is 18.3. The van der Waals surface area contributed by atoms with Gasteiger partial charge in [-0.1, -0.05) is 12.8 Å². The van der Waals surface area contributed by atoms with E-state index in [0.717, 1.165) is 57.6 Å². The maximum atomic E-state index is 12.8. The molecule has 0 atom stereocenters. The molecular formula is C20H30N4O2. The zero-order valence-electron chi connectivity index (χ0n) is 16.0. The quantitative estimate of drug-likeness (QED) is 0.833. The predicted octanol–water partition coefficient (Wildman–Crippen LogP) is 2.31. The van der Waals surface area contributed by atoms with Crippen molar-refractivity contribution in [3.8, 4) is 0 Å². The molecule has 2 aliphatic heterocycles. The molecule has 3 aliphatic rings. The largest absolute Gasteiger partial charge is 0.342 e. The fraction of sp³-hybridized carbons (Fsp3) is 0.750. The average Bonchev–Trinajstić information content (AvgIpc) is 3.23. The maximum Gasteiger partial charge on any atom is 0.225 e. The van der Waals surface area contributed by atoms with Crippen LogP contribution in [0.3, 0.4) is 0 Å². The number of likely N-dealkylation sites (tertiary alicyclic amines) is 2. The van der Waals surface area contributed by atoms with Gasteiger partial charge in [-0.15, -0.1) is 0 Å². The second-order valence-corrected chi connectivity index (χ2v) is 8.35. The third-order valence-corrected chi connectivity index (χ3v) is 6.42. The van der Waals surface area contributed by atoms with Crippen LogP contribution in [0, 0.1) is 25.7 Å². The number of amides is 2. The Morgan fingerprint density at radius 1 is 0.923 bits per heavy atom. The number of rotatable bonds is 3. The molecule has 0 bridgehead atoms. The van der Waals surface area contributed by atoms with E-state index in [-0.39, 0.29) is 17.7 Å². The van der Waals surface area contributed by atoms with Crippen molar-refractivity contribution in [3.63, 3.8) is 0 Å². The van der Waals surface area contributed by atoms with Crippen LogP contribution in [0.5, 0.6) is 0 Å². The van der Waals surface area contributed by atoms with Crippen LogP contribution in [-0.4, -0.2) is 57.6 Å². The average molecular weight is 358 g/mol. The van der Waals surface area contributed by atoms with E-state index in [1.807, 2.05) is 16.7 Å². The van der Waals surface area contributed by atoms with Crippen molar-refractivity contribution in [1.29, 1.82) is 0 Å². The van der Waals surface area contributed by atoms with Crippen molar-refractivity contribution < 1.29 is 9.59 Å². The van der Waals surface area contributed by atoms with Gasteiger partial charge in [0.05, 0.1) is 11.7 Å². The number of carbonyl (C=O) groups excluding carboxylic acids is 2. The first kappa shape index (κ1) is 17.6. The van der Waals surface area contributed by atoms with Gasteiger partial charge in [0, 0.05) is 43.7 Å². The third-order valence-electron chi connectivity index (χ3n) is 6.42. The van der Waals surface area contributed by atoms with Crippen molar-refractivity contribution in [1.82, 2.24) is 19.6 Å². The summed E-state index contributed by atoms with van der Waals surface area (Å²) in [5.74, 6) is 0.945. The molecule has 6 heteroatoms. The highest BCUT2D eigenvalue weighted by Crippen LogP contribution is 2.30. The zero-order valence-corrected chi connectivity index (χ0v) is 16.0. The summed E-state index contributed by atoms with van der Waals surface area (Å²) in [6.07, 6.45) is 6.13. The molecule has 0 radical (unpaired) electrons. The van der Waals surface area contributed by atoms with Crippen LogP contribution >= 0.6 is 0 Å². The van der Waals surface area contributed by atoms with E-state index < -0.39 is 0 Å². The SMILES string of the molecule is Cc1cc(C)n(C2CN(C(=O)C3CCN(C(=O)C4CCCC4)CC3)C2)n1. The number of nitrogens with zero attached hydrogens (tertiary/aromatic N) is 4. The molecule has 1 aliphatic carbocycles. The number of carbonyl (C=O) groups is 2. The van der Waals surface area contributed by atoms with E-state index in [0.29, 0.717) is 11.9 Å². The number of aryl methyl sites for hydroxylation is 2. The number of hydrogen-bond donors (Lipinski definition) is 0. The molecule has 142 valence electrons. The Morgan fingerprint density at radius 3 is 2.08 bits per heavy atom. The van der Waals surface area contributed by atoms with Crippen molar-refractivity contribution >= 4 is 11.8 Å².